The summed E-state index contributed by atoms with van der Waals surface area (Å²) >= 11 is 0. The Balaban J connectivity index is 4.38. The van der Waals surface area contributed by atoms with Crippen molar-refractivity contribution in [1.29, 1.82) is 0 Å². The molecule has 0 saturated heterocycles. The fraction of sp³-hybridized carbons (Fsp3) is 0.717. The van der Waals surface area contributed by atoms with E-state index in [4.69, 9.17) is 14.2 Å². The molecule has 0 heterocycles. The van der Waals surface area contributed by atoms with Gasteiger partial charge in [0.05, 0.1) is 0 Å². The van der Waals surface area contributed by atoms with Gasteiger partial charge in [0, 0.05) is 19.3 Å². The molecule has 6 nitrogen and oxygen atoms in total. The molecule has 0 aliphatic heterocycles. The van der Waals surface area contributed by atoms with Crippen LogP contribution in [0.2, 0.25) is 0 Å². The summed E-state index contributed by atoms with van der Waals surface area (Å²) in [6, 6.07) is 0. The van der Waals surface area contributed by atoms with Gasteiger partial charge in [-0.2, -0.15) is 0 Å². The Morgan fingerprint density at radius 2 is 0.591 bits per heavy atom. The van der Waals surface area contributed by atoms with Gasteiger partial charge in [0.1, 0.15) is 13.2 Å². The molecule has 1 atom stereocenters. The molecule has 1 unspecified atom stereocenters. The molecule has 0 aromatic carbocycles. The molecule has 0 rings (SSSR count). The second-order valence-corrected chi connectivity index (χ2v) is 18.1. The third-order valence-electron chi connectivity index (χ3n) is 11.6. The van der Waals surface area contributed by atoms with Crippen LogP contribution < -0.4 is 0 Å². The number of carbonyl (C=O) groups excluding carboxylic acids is 3. The maximum atomic E-state index is 12.8. The van der Waals surface area contributed by atoms with E-state index in [0.29, 0.717) is 19.3 Å². The van der Waals surface area contributed by atoms with Crippen LogP contribution in [0.25, 0.3) is 0 Å². The Labute approximate surface area is 407 Å². The van der Waals surface area contributed by atoms with Gasteiger partial charge in [-0.1, -0.05) is 228 Å². The molecule has 0 aromatic rings. The summed E-state index contributed by atoms with van der Waals surface area (Å²) < 4.78 is 16.8. The predicted octanol–water partition coefficient (Wildman–Crippen LogP) is 18.4. The summed E-state index contributed by atoms with van der Waals surface area (Å²) in [5, 5.41) is 0. The van der Waals surface area contributed by atoms with Crippen LogP contribution in [0.15, 0.2) is 85.1 Å². The summed E-state index contributed by atoms with van der Waals surface area (Å²) in [5.74, 6) is -0.911. The average molecular weight is 919 g/mol. The smallest absolute Gasteiger partial charge is 0.306 e. The minimum absolute atomic E-state index is 0.0855. The molecular weight excluding hydrogens is 817 g/mol. The highest BCUT2D eigenvalue weighted by atomic mass is 16.6. The monoisotopic (exact) mass is 919 g/mol. The fourth-order valence-corrected chi connectivity index (χ4v) is 7.50. The van der Waals surface area contributed by atoms with Gasteiger partial charge in [0.2, 0.25) is 0 Å². The molecule has 6 heteroatoms. The molecule has 66 heavy (non-hydrogen) atoms. The quantitative estimate of drug-likeness (QED) is 0.0262. The highest BCUT2D eigenvalue weighted by Crippen LogP contribution is 2.14. The third-order valence-corrected chi connectivity index (χ3v) is 11.6. The Morgan fingerprint density at radius 1 is 0.318 bits per heavy atom. The van der Waals surface area contributed by atoms with Crippen molar-refractivity contribution in [3.63, 3.8) is 0 Å². The van der Waals surface area contributed by atoms with Gasteiger partial charge in [0.25, 0.3) is 0 Å². The molecule has 0 aromatic heterocycles. The highest BCUT2D eigenvalue weighted by Gasteiger charge is 2.19. The normalized spacial score (nSPS) is 12.7. The Hall–Kier alpha value is -3.41. The number of hydrogen-bond acceptors (Lipinski definition) is 6. The van der Waals surface area contributed by atoms with Crippen LogP contribution in [0.1, 0.15) is 258 Å². The van der Waals surface area contributed by atoms with E-state index in [1.165, 1.54) is 103 Å². The molecule has 0 saturated carbocycles. The lowest BCUT2D eigenvalue weighted by molar-refractivity contribution is -0.167. The van der Waals surface area contributed by atoms with Crippen molar-refractivity contribution in [2.75, 3.05) is 13.2 Å². The van der Waals surface area contributed by atoms with Gasteiger partial charge in [-0.3, -0.25) is 14.4 Å². The average Bonchev–Trinajstić information content (AvgIpc) is 3.31. The van der Waals surface area contributed by atoms with Gasteiger partial charge in [-0.25, -0.2) is 0 Å². The number of carbonyl (C=O) groups is 3. The van der Waals surface area contributed by atoms with Crippen LogP contribution in [-0.4, -0.2) is 37.2 Å². The van der Waals surface area contributed by atoms with Crippen LogP contribution in [0.5, 0.6) is 0 Å². The van der Waals surface area contributed by atoms with Crippen molar-refractivity contribution < 1.29 is 28.6 Å². The molecule has 378 valence electrons. The van der Waals surface area contributed by atoms with Gasteiger partial charge in [-0.05, 0) is 96.3 Å². The second-order valence-electron chi connectivity index (χ2n) is 18.1. The number of hydrogen-bond donors (Lipinski definition) is 0. The van der Waals surface area contributed by atoms with E-state index in [2.05, 4.69) is 106 Å². The van der Waals surface area contributed by atoms with Crippen molar-refractivity contribution >= 4 is 17.9 Å². The first-order chi connectivity index (χ1) is 32.5. The third kappa shape index (κ3) is 51.6. The summed E-state index contributed by atoms with van der Waals surface area (Å²) in [6.45, 7) is 6.47. The standard InChI is InChI=1S/C60H102O6/c1-4-7-10-13-16-19-22-24-26-28-30-32-34-36-38-41-44-47-50-53-59(62)65-56-57(55-64-58(61)52-49-46-43-40-21-18-15-12-9-6-3)66-60(63)54-51-48-45-42-39-37-35-33-31-29-27-25-23-20-17-14-11-8-5-2/h7,10,16-17,19-20,24-27,30-33,57H,4-6,8-9,11-15,18,21-23,28-29,34-56H2,1-3H3/b10-7-,19-16-,20-17-,26-24-,27-25-,32-30-,33-31-. The van der Waals surface area contributed by atoms with Gasteiger partial charge in [-0.15, -0.1) is 0 Å². The lowest BCUT2D eigenvalue weighted by atomic mass is 10.1. The van der Waals surface area contributed by atoms with Crippen molar-refractivity contribution in [2.24, 2.45) is 0 Å². The van der Waals surface area contributed by atoms with E-state index in [1.807, 2.05) is 0 Å². The van der Waals surface area contributed by atoms with Gasteiger partial charge >= 0.3 is 17.9 Å². The van der Waals surface area contributed by atoms with Crippen LogP contribution >= 0.6 is 0 Å². The van der Waals surface area contributed by atoms with E-state index in [9.17, 15) is 14.4 Å². The predicted molar refractivity (Wildman–Crippen MR) is 284 cm³/mol. The van der Waals surface area contributed by atoms with Crippen molar-refractivity contribution in [3.8, 4) is 0 Å². The van der Waals surface area contributed by atoms with Crippen LogP contribution in [0.4, 0.5) is 0 Å². The summed E-state index contributed by atoms with van der Waals surface area (Å²) in [6.07, 6.45) is 69.9. The van der Waals surface area contributed by atoms with E-state index < -0.39 is 6.10 Å². The maximum absolute atomic E-state index is 12.8. The van der Waals surface area contributed by atoms with Crippen molar-refractivity contribution in [3.05, 3.63) is 85.1 Å². The topological polar surface area (TPSA) is 78.9 Å². The van der Waals surface area contributed by atoms with E-state index >= 15 is 0 Å². The zero-order chi connectivity index (χ0) is 47.9. The largest absolute Gasteiger partial charge is 0.462 e. The number of esters is 3. The first-order valence-electron chi connectivity index (χ1n) is 27.6. The molecule has 0 fully saturated rings. The van der Waals surface area contributed by atoms with E-state index in [0.717, 1.165) is 116 Å². The maximum Gasteiger partial charge on any atom is 0.306 e. The fourth-order valence-electron chi connectivity index (χ4n) is 7.50. The summed E-state index contributed by atoms with van der Waals surface area (Å²) in [7, 11) is 0. The minimum atomic E-state index is -0.788. The zero-order valence-electron chi connectivity index (χ0n) is 43.2. The van der Waals surface area contributed by atoms with E-state index in [1.54, 1.807) is 0 Å². The number of rotatable bonds is 49. The summed E-state index contributed by atoms with van der Waals surface area (Å²) in [5.41, 5.74) is 0. The number of allylic oxidation sites excluding steroid dienone is 14. The molecule has 0 aliphatic carbocycles. The molecule has 0 N–H and O–H groups in total. The number of ether oxygens (including phenoxy) is 3. The Morgan fingerprint density at radius 3 is 0.955 bits per heavy atom. The minimum Gasteiger partial charge on any atom is -0.462 e. The second kappa shape index (κ2) is 54.2. The lowest BCUT2D eigenvalue weighted by Gasteiger charge is -2.18. The van der Waals surface area contributed by atoms with E-state index in [-0.39, 0.29) is 31.1 Å². The van der Waals surface area contributed by atoms with Crippen LogP contribution in [0, 0.1) is 0 Å². The SMILES string of the molecule is CC/C=C\C/C=C\C/C=C\C/C=C\CCCCCCCCC(=O)OCC(COC(=O)CCCCCCCCCCCC)OC(=O)CCCCCCCC/C=C\C/C=C\C/C=C\CCCCC. The van der Waals surface area contributed by atoms with Crippen molar-refractivity contribution in [1.82, 2.24) is 0 Å². The van der Waals surface area contributed by atoms with Crippen LogP contribution in [0.3, 0.4) is 0 Å². The molecule has 0 aliphatic rings. The Kier molecular flexibility index (Phi) is 51.4. The first-order valence-corrected chi connectivity index (χ1v) is 27.6. The van der Waals surface area contributed by atoms with Crippen molar-refractivity contribution in [2.45, 2.75) is 264 Å². The summed E-state index contributed by atoms with van der Waals surface area (Å²) in [4.78, 5) is 38.0. The zero-order valence-corrected chi connectivity index (χ0v) is 43.2. The highest BCUT2D eigenvalue weighted by molar-refractivity contribution is 5.71. The number of unbranched alkanes of at least 4 members (excludes halogenated alkanes) is 24. The molecule has 0 bridgehead atoms. The van der Waals surface area contributed by atoms with Gasteiger partial charge < -0.3 is 14.2 Å². The Bertz CT molecular complexity index is 1290. The van der Waals surface area contributed by atoms with Crippen LogP contribution in [-0.2, 0) is 28.6 Å². The first kappa shape index (κ1) is 62.6. The van der Waals surface area contributed by atoms with Gasteiger partial charge in [0.15, 0.2) is 6.10 Å². The molecule has 0 radical (unpaired) electrons. The molecular formula is C60H102O6. The lowest BCUT2D eigenvalue weighted by Crippen LogP contribution is -2.30. The molecule has 0 amide bonds. The molecule has 0 spiro atoms.